The standard InChI is InChI=1S/C41H32N2/c1-26-14-10-16-29-30-17-12-21-35-40(30)42(25-31(26)29)37-23-8-5-18-32(37)41(35)33-19-6-9-24-38(33)43(36-22-7-4-13-27(36)2)39-28(3)15-11-20-34(39)41/h4-24H,25H2,1-3H3. The molecule has 0 aromatic heterocycles. The molecule has 3 aliphatic rings. The van der Waals surface area contributed by atoms with Gasteiger partial charge in [-0.2, -0.15) is 0 Å². The molecule has 3 aliphatic heterocycles. The van der Waals surface area contributed by atoms with Gasteiger partial charge in [-0.15, -0.1) is 0 Å². The molecule has 0 bridgehead atoms. The Morgan fingerprint density at radius 3 is 1.77 bits per heavy atom. The van der Waals surface area contributed by atoms with Gasteiger partial charge in [0.2, 0.25) is 0 Å². The molecule has 1 atom stereocenters. The van der Waals surface area contributed by atoms with Gasteiger partial charge in [0.15, 0.2) is 0 Å². The first-order valence-electron chi connectivity index (χ1n) is 15.3. The Bertz CT molecular complexity index is 2120. The van der Waals surface area contributed by atoms with E-state index in [-0.39, 0.29) is 0 Å². The molecular formula is C41H32N2. The Balaban J connectivity index is 1.48. The van der Waals surface area contributed by atoms with Crippen molar-refractivity contribution in [2.24, 2.45) is 0 Å². The van der Waals surface area contributed by atoms with Crippen molar-refractivity contribution < 1.29 is 0 Å². The number of aryl methyl sites for hydroxylation is 3. The van der Waals surface area contributed by atoms with Crippen LogP contribution in [0.2, 0.25) is 0 Å². The SMILES string of the molecule is Cc1ccccc1N1c2ccccc2C2(c3ccccc3N3Cc4c(C)cccc4-c4cccc2c43)c2cccc(C)c21. The van der Waals surface area contributed by atoms with Crippen LogP contribution < -0.4 is 9.80 Å². The van der Waals surface area contributed by atoms with E-state index in [1.807, 2.05) is 0 Å². The number of fused-ring (bicyclic) bond motifs is 10. The van der Waals surface area contributed by atoms with E-state index in [2.05, 4.69) is 158 Å². The fraction of sp³-hybridized carbons (Fsp3) is 0.122. The molecule has 0 amide bonds. The summed E-state index contributed by atoms with van der Waals surface area (Å²) in [5, 5.41) is 0. The highest BCUT2D eigenvalue weighted by Crippen LogP contribution is 2.65. The maximum absolute atomic E-state index is 2.59. The molecule has 0 radical (unpaired) electrons. The van der Waals surface area contributed by atoms with Crippen molar-refractivity contribution in [2.45, 2.75) is 32.7 Å². The van der Waals surface area contributed by atoms with Crippen LogP contribution >= 0.6 is 0 Å². The van der Waals surface area contributed by atoms with Crippen LogP contribution in [0.3, 0.4) is 0 Å². The van der Waals surface area contributed by atoms with E-state index in [9.17, 15) is 0 Å². The van der Waals surface area contributed by atoms with Crippen molar-refractivity contribution in [1.29, 1.82) is 0 Å². The minimum absolute atomic E-state index is 0.475. The van der Waals surface area contributed by atoms with Gasteiger partial charge in [0.05, 0.1) is 22.5 Å². The smallest absolute Gasteiger partial charge is 0.0782 e. The highest BCUT2D eigenvalue weighted by atomic mass is 15.2. The van der Waals surface area contributed by atoms with E-state index in [0.29, 0.717) is 0 Å². The van der Waals surface area contributed by atoms with E-state index in [0.717, 1.165) is 6.54 Å². The summed E-state index contributed by atoms with van der Waals surface area (Å²) in [6.45, 7) is 7.62. The van der Waals surface area contributed by atoms with Gasteiger partial charge in [-0.1, -0.05) is 109 Å². The Hall–Kier alpha value is -5.08. The summed E-state index contributed by atoms with van der Waals surface area (Å²) in [5.41, 5.74) is 19.3. The third-order valence-corrected chi connectivity index (χ3v) is 10.1. The minimum Gasteiger partial charge on any atom is -0.336 e. The highest BCUT2D eigenvalue weighted by molar-refractivity contribution is 6.00. The van der Waals surface area contributed by atoms with E-state index < -0.39 is 5.41 Å². The van der Waals surface area contributed by atoms with Crippen molar-refractivity contribution in [2.75, 3.05) is 9.80 Å². The third-order valence-electron chi connectivity index (χ3n) is 10.1. The largest absolute Gasteiger partial charge is 0.336 e. The predicted molar refractivity (Wildman–Crippen MR) is 178 cm³/mol. The van der Waals surface area contributed by atoms with Gasteiger partial charge in [0.25, 0.3) is 0 Å². The number of hydrogen-bond donors (Lipinski definition) is 0. The summed E-state index contributed by atoms with van der Waals surface area (Å²) < 4.78 is 0. The molecule has 6 aromatic rings. The van der Waals surface area contributed by atoms with Crippen LogP contribution in [0.25, 0.3) is 11.1 Å². The normalized spacial score (nSPS) is 17.1. The fourth-order valence-electron chi connectivity index (χ4n) is 8.29. The number of nitrogens with zero attached hydrogens (tertiary/aromatic N) is 2. The van der Waals surface area contributed by atoms with Crippen molar-refractivity contribution in [3.8, 4) is 11.1 Å². The number of rotatable bonds is 1. The van der Waals surface area contributed by atoms with Gasteiger partial charge >= 0.3 is 0 Å². The highest BCUT2D eigenvalue weighted by Gasteiger charge is 2.53. The lowest BCUT2D eigenvalue weighted by atomic mass is 9.59. The van der Waals surface area contributed by atoms with Crippen LogP contribution in [0.4, 0.5) is 28.4 Å². The van der Waals surface area contributed by atoms with Gasteiger partial charge in [-0.05, 0) is 89.0 Å². The second kappa shape index (κ2) is 8.72. The van der Waals surface area contributed by atoms with E-state index in [1.54, 1.807) is 0 Å². The zero-order chi connectivity index (χ0) is 28.9. The molecule has 206 valence electrons. The quantitative estimate of drug-likeness (QED) is 0.200. The molecule has 1 spiro atoms. The maximum atomic E-state index is 2.59. The molecule has 0 saturated heterocycles. The first-order chi connectivity index (χ1) is 21.1. The average Bonchev–Trinajstić information content (AvgIpc) is 3.04. The van der Waals surface area contributed by atoms with Gasteiger partial charge in [-0.25, -0.2) is 0 Å². The van der Waals surface area contributed by atoms with Gasteiger partial charge in [0, 0.05) is 23.5 Å². The second-order valence-corrected chi connectivity index (χ2v) is 12.3. The summed E-state index contributed by atoms with van der Waals surface area (Å²) in [6, 6.07) is 47.7. The topological polar surface area (TPSA) is 6.48 Å². The molecule has 1 unspecified atom stereocenters. The van der Waals surface area contributed by atoms with Crippen LogP contribution in [0, 0.1) is 20.8 Å². The van der Waals surface area contributed by atoms with Crippen LogP contribution in [-0.4, -0.2) is 0 Å². The van der Waals surface area contributed by atoms with Gasteiger partial charge in [0.1, 0.15) is 0 Å². The molecule has 0 N–H and O–H groups in total. The van der Waals surface area contributed by atoms with Crippen molar-refractivity contribution in [1.82, 2.24) is 0 Å². The monoisotopic (exact) mass is 552 g/mol. The summed E-state index contributed by atoms with van der Waals surface area (Å²) in [7, 11) is 0. The summed E-state index contributed by atoms with van der Waals surface area (Å²) in [5.74, 6) is 0. The molecule has 2 heteroatoms. The Labute approximate surface area is 253 Å². The van der Waals surface area contributed by atoms with Gasteiger partial charge < -0.3 is 9.80 Å². The van der Waals surface area contributed by atoms with Crippen LogP contribution in [0.1, 0.15) is 44.5 Å². The number of benzene rings is 6. The molecular weight excluding hydrogens is 520 g/mol. The lowest BCUT2D eigenvalue weighted by molar-refractivity contribution is 0.702. The van der Waals surface area contributed by atoms with Crippen LogP contribution in [0.5, 0.6) is 0 Å². The average molecular weight is 553 g/mol. The molecule has 9 rings (SSSR count). The van der Waals surface area contributed by atoms with Gasteiger partial charge in [-0.3, -0.25) is 0 Å². The van der Waals surface area contributed by atoms with E-state index in [1.165, 1.54) is 84.1 Å². The lowest BCUT2D eigenvalue weighted by Crippen LogP contribution is -2.43. The number of anilines is 5. The fourth-order valence-corrected chi connectivity index (χ4v) is 8.29. The Morgan fingerprint density at radius 2 is 0.977 bits per heavy atom. The van der Waals surface area contributed by atoms with E-state index >= 15 is 0 Å². The number of para-hydroxylation sites is 5. The first-order valence-corrected chi connectivity index (χ1v) is 15.3. The molecule has 2 nitrogen and oxygen atoms in total. The summed E-state index contributed by atoms with van der Waals surface area (Å²) in [4.78, 5) is 5.11. The molecule has 6 aromatic carbocycles. The Kier molecular flexibility index (Phi) is 4.97. The summed E-state index contributed by atoms with van der Waals surface area (Å²) >= 11 is 0. The Morgan fingerprint density at radius 1 is 0.442 bits per heavy atom. The zero-order valence-electron chi connectivity index (χ0n) is 24.7. The predicted octanol–water partition coefficient (Wildman–Crippen LogP) is 10.4. The molecule has 0 fully saturated rings. The van der Waals surface area contributed by atoms with E-state index in [4.69, 9.17) is 0 Å². The molecule has 0 aliphatic carbocycles. The van der Waals surface area contributed by atoms with Crippen LogP contribution in [-0.2, 0) is 12.0 Å². The van der Waals surface area contributed by atoms with Crippen molar-refractivity contribution in [3.05, 3.63) is 172 Å². The molecule has 3 heterocycles. The molecule has 0 saturated carbocycles. The van der Waals surface area contributed by atoms with Crippen molar-refractivity contribution >= 4 is 28.4 Å². The number of hydrogen-bond acceptors (Lipinski definition) is 2. The zero-order valence-corrected chi connectivity index (χ0v) is 24.7. The molecule has 43 heavy (non-hydrogen) atoms. The van der Waals surface area contributed by atoms with Crippen molar-refractivity contribution in [3.63, 3.8) is 0 Å². The third kappa shape index (κ3) is 3.03. The summed E-state index contributed by atoms with van der Waals surface area (Å²) in [6.07, 6.45) is 0. The minimum atomic E-state index is -0.475. The van der Waals surface area contributed by atoms with Crippen LogP contribution in [0.15, 0.2) is 127 Å². The first kappa shape index (κ1) is 24.5. The second-order valence-electron chi connectivity index (χ2n) is 12.3. The lowest BCUT2D eigenvalue weighted by Gasteiger charge is -2.53. The maximum Gasteiger partial charge on any atom is 0.0782 e.